The molecule has 7 nitrogen and oxygen atoms in total. The van der Waals surface area contributed by atoms with E-state index in [0.717, 1.165) is 18.8 Å². The molecule has 28 heavy (non-hydrogen) atoms. The van der Waals surface area contributed by atoms with E-state index < -0.39 is 12.7 Å². The van der Waals surface area contributed by atoms with Crippen molar-refractivity contribution >= 4 is 34.7 Å². The highest BCUT2D eigenvalue weighted by molar-refractivity contribution is 6.32. The summed E-state index contributed by atoms with van der Waals surface area (Å²) >= 11 is 5.87. The topological polar surface area (TPSA) is 71.5 Å². The van der Waals surface area contributed by atoms with Gasteiger partial charge in [-0.1, -0.05) is 11.6 Å². The second-order valence-corrected chi connectivity index (χ2v) is 6.38. The highest BCUT2D eigenvalue weighted by Gasteiger charge is 2.27. The van der Waals surface area contributed by atoms with Crippen LogP contribution in [0.15, 0.2) is 24.4 Å². The quantitative estimate of drug-likeness (QED) is 0.742. The lowest BCUT2D eigenvalue weighted by Crippen LogP contribution is -2.36. The molecule has 0 amide bonds. The lowest BCUT2D eigenvalue weighted by Gasteiger charge is -2.29. The number of nitrogens with zero attached hydrogens (tertiary/aromatic N) is 3. The summed E-state index contributed by atoms with van der Waals surface area (Å²) < 4.78 is 48.0. The van der Waals surface area contributed by atoms with E-state index >= 15 is 0 Å². The average Bonchev–Trinajstić information content (AvgIpc) is 2.68. The first-order chi connectivity index (χ1) is 13.4. The van der Waals surface area contributed by atoms with Crippen molar-refractivity contribution in [3.8, 4) is 5.75 Å². The van der Waals surface area contributed by atoms with Crippen molar-refractivity contribution < 1.29 is 22.6 Å². The van der Waals surface area contributed by atoms with Gasteiger partial charge in [0.15, 0.2) is 5.82 Å². The Kier molecular flexibility index (Phi) is 6.30. The first-order valence-corrected chi connectivity index (χ1v) is 8.84. The van der Waals surface area contributed by atoms with E-state index in [9.17, 15) is 13.2 Å². The zero-order chi connectivity index (χ0) is 20.1. The van der Waals surface area contributed by atoms with Gasteiger partial charge in [-0.25, -0.2) is 4.98 Å². The Hall–Kier alpha value is -2.46. The van der Waals surface area contributed by atoms with Crippen LogP contribution in [0.25, 0.3) is 0 Å². The van der Waals surface area contributed by atoms with Gasteiger partial charge in [0.05, 0.1) is 32.2 Å². The van der Waals surface area contributed by atoms with Gasteiger partial charge >= 0.3 is 6.18 Å². The summed E-state index contributed by atoms with van der Waals surface area (Å²) in [6.07, 6.45) is -3.16. The summed E-state index contributed by atoms with van der Waals surface area (Å²) in [6.45, 7) is 1.64. The van der Waals surface area contributed by atoms with Crippen LogP contribution in [0.4, 0.5) is 36.3 Å². The molecule has 0 radical (unpaired) electrons. The third kappa shape index (κ3) is 5.29. The van der Waals surface area contributed by atoms with Crippen molar-refractivity contribution in [2.45, 2.75) is 6.18 Å². The van der Waals surface area contributed by atoms with Gasteiger partial charge in [0.2, 0.25) is 5.95 Å². The summed E-state index contributed by atoms with van der Waals surface area (Å²) in [7, 11) is 1.53. The number of nitrogens with one attached hydrogen (secondary N) is 2. The van der Waals surface area contributed by atoms with Crippen LogP contribution >= 0.6 is 11.6 Å². The smallest absolute Gasteiger partial charge is 0.405 e. The Morgan fingerprint density at radius 2 is 2.04 bits per heavy atom. The van der Waals surface area contributed by atoms with E-state index in [1.807, 2.05) is 12.1 Å². The summed E-state index contributed by atoms with van der Waals surface area (Å²) in [4.78, 5) is 10.2. The summed E-state index contributed by atoms with van der Waals surface area (Å²) in [5, 5.41) is 5.10. The number of methoxy groups -OCH3 is 1. The lowest BCUT2D eigenvalue weighted by atomic mass is 10.2. The molecule has 0 atom stereocenters. The van der Waals surface area contributed by atoms with E-state index in [1.54, 1.807) is 6.07 Å². The molecule has 0 unspecified atom stereocenters. The Bertz CT molecular complexity index is 816. The third-order valence-electron chi connectivity index (χ3n) is 4.01. The fraction of sp³-hybridized carbons (Fsp3) is 0.412. The van der Waals surface area contributed by atoms with Crippen molar-refractivity contribution in [3.05, 3.63) is 29.4 Å². The van der Waals surface area contributed by atoms with Gasteiger partial charge in [0.1, 0.15) is 17.3 Å². The Morgan fingerprint density at radius 1 is 1.29 bits per heavy atom. The number of alkyl halides is 3. The maximum atomic E-state index is 12.4. The third-order valence-corrected chi connectivity index (χ3v) is 4.28. The molecule has 152 valence electrons. The number of morpholine rings is 1. The predicted molar refractivity (Wildman–Crippen MR) is 101 cm³/mol. The van der Waals surface area contributed by atoms with Crippen molar-refractivity contribution in [3.63, 3.8) is 0 Å². The van der Waals surface area contributed by atoms with E-state index in [0.29, 0.717) is 24.7 Å². The van der Waals surface area contributed by atoms with Crippen LogP contribution in [-0.2, 0) is 4.74 Å². The molecule has 1 aromatic heterocycles. The van der Waals surface area contributed by atoms with Gasteiger partial charge in [-0.05, 0) is 12.1 Å². The second-order valence-electron chi connectivity index (χ2n) is 5.97. The molecule has 2 aromatic rings. The highest BCUT2D eigenvalue weighted by Crippen LogP contribution is 2.32. The van der Waals surface area contributed by atoms with E-state index in [-0.39, 0.29) is 16.8 Å². The molecule has 1 saturated heterocycles. The zero-order valence-corrected chi connectivity index (χ0v) is 15.8. The van der Waals surface area contributed by atoms with E-state index in [2.05, 4.69) is 25.5 Å². The molecule has 0 bridgehead atoms. The summed E-state index contributed by atoms with van der Waals surface area (Å²) in [6, 6.07) is 5.58. The van der Waals surface area contributed by atoms with Crippen LogP contribution in [0.1, 0.15) is 0 Å². The fourth-order valence-electron chi connectivity index (χ4n) is 2.66. The molecule has 2 N–H and O–H groups in total. The molecule has 0 spiro atoms. The van der Waals surface area contributed by atoms with Gasteiger partial charge in [-0.15, -0.1) is 0 Å². The SMILES string of the molecule is COc1cc(N2CCOCC2)ccc1Nc1ncc(Cl)c(NCC(F)(F)F)n1. The molecule has 11 heteroatoms. The molecular formula is C17H19ClF3N5O2. The summed E-state index contributed by atoms with van der Waals surface area (Å²) in [5.74, 6) is 0.527. The number of hydrogen-bond donors (Lipinski definition) is 2. The zero-order valence-electron chi connectivity index (χ0n) is 15.0. The molecule has 1 aliphatic rings. The van der Waals surface area contributed by atoms with Crippen LogP contribution in [0.2, 0.25) is 5.02 Å². The van der Waals surface area contributed by atoms with Crippen LogP contribution in [0.3, 0.4) is 0 Å². The van der Waals surface area contributed by atoms with E-state index in [1.165, 1.54) is 13.3 Å². The number of ether oxygens (including phenoxy) is 2. The monoisotopic (exact) mass is 417 g/mol. The van der Waals surface area contributed by atoms with Crippen molar-refractivity contribution in [2.24, 2.45) is 0 Å². The minimum Gasteiger partial charge on any atom is -0.494 e. The highest BCUT2D eigenvalue weighted by atomic mass is 35.5. The van der Waals surface area contributed by atoms with Crippen molar-refractivity contribution in [1.29, 1.82) is 0 Å². The number of anilines is 4. The number of halogens is 4. The number of aromatic nitrogens is 2. The molecule has 2 heterocycles. The number of rotatable bonds is 6. The minimum absolute atomic E-state index is 0.00979. The van der Waals surface area contributed by atoms with Crippen molar-refractivity contribution in [2.75, 3.05) is 55.5 Å². The molecule has 0 aliphatic carbocycles. The van der Waals surface area contributed by atoms with Gasteiger partial charge in [-0.2, -0.15) is 18.2 Å². The molecular weight excluding hydrogens is 399 g/mol. The van der Waals surface area contributed by atoms with Crippen LogP contribution in [0.5, 0.6) is 5.75 Å². The summed E-state index contributed by atoms with van der Waals surface area (Å²) in [5.41, 5.74) is 1.55. The standard InChI is InChI=1S/C17H19ClF3N5O2/c1-27-14-8-11(26-4-6-28-7-5-26)2-3-13(14)24-16-22-9-12(18)15(25-16)23-10-17(19,20)21/h2-3,8-9H,4-7,10H2,1H3,(H2,22,23,24,25). The lowest BCUT2D eigenvalue weighted by molar-refractivity contribution is -0.115. The fourth-order valence-corrected chi connectivity index (χ4v) is 2.82. The number of hydrogen-bond acceptors (Lipinski definition) is 7. The van der Waals surface area contributed by atoms with Crippen LogP contribution < -0.4 is 20.3 Å². The van der Waals surface area contributed by atoms with Gasteiger partial charge in [0, 0.05) is 24.8 Å². The first-order valence-electron chi connectivity index (χ1n) is 8.46. The largest absolute Gasteiger partial charge is 0.494 e. The Morgan fingerprint density at radius 3 is 2.71 bits per heavy atom. The average molecular weight is 418 g/mol. The van der Waals surface area contributed by atoms with Gasteiger partial charge in [-0.3, -0.25) is 0 Å². The second kappa shape index (κ2) is 8.70. The van der Waals surface area contributed by atoms with Crippen LogP contribution in [0, 0.1) is 0 Å². The molecule has 1 aliphatic heterocycles. The van der Waals surface area contributed by atoms with Crippen molar-refractivity contribution in [1.82, 2.24) is 9.97 Å². The minimum atomic E-state index is -4.39. The maximum absolute atomic E-state index is 12.4. The molecule has 3 rings (SSSR count). The molecule has 1 fully saturated rings. The predicted octanol–water partition coefficient (Wildman–Crippen LogP) is 3.69. The molecule has 1 aromatic carbocycles. The van der Waals surface area contributed by atoms with Gasteiger partial charge in [0.25, 0.3) is 0 Å². The Labute approximate surface area is 164 Å². The maximum Gasteiger partial charge on any atom is 0.405 e. The number of benzene rings is 1. The first kappa shape index (κ1) is 20.3. The van der Waals surface area contributed by atoms with Gasteiger partial charge < -0.3 is 25.0 Å². The normalized spacial score (nSPS) is 14.7. The van der Waals surface area contributed by atoms with E-state index in [4.69, 9.17) is 21.1 Å². The Balaban J connectivity index is 1.77. The molecule has 0 saturated carbocycles. The van der Waals surface area contributed by atoms with Crippen LogP contribution in [-0.4, -0.2) is 56.1 Å².